The molecule has 2 heterocycles. The number of amides is 1. The smallest absolute Gasteiger partial charge is 0.409 e. The Labute approximate surface area is 141 Å². The first-order valence-electron chi connectivity index (χ1n) is 6.53. The third-order valence-corrected chi connectivity index (χ3v) is 3.74. The molecule has 3 aromatic rings. The zero-order valence-electron chi connectivity index (χ0n) is 11.7. The summed E-state index contributed by atoms with van der Waals surface area (Å²) in [5, 5.41) is 10.8. The third-order valence-electron chi connectivity index (χ3n) is 3.30. The van der Waals surface area contributed by atoms with Crippen molar-refractivity contribution >= 4 is 44.5 Å². The lowest BCUT2D eigenvalue weighted by Gasteiger charge is -2.08. The van der Waals surface area contributed by atoms with Gasteiger partial charge in [0.05, 0.1) is 11.3 Å². The maximum Gasteiger partial charge on any atom is 0.409 e. The van der Waals surface area contributed by atoms with Gasteiger partial charge in [0.2, 0.25) is 5.78 Å². The number of carbonyl (C=O) groups is 2. The molecule has 0 atom stereocenters. The van der Waals surface area contributed by atoms with Crippen molar-refractivity contribution in [3.63, 3.8) is 0 Å². The maximum absolute atomic E-state index is 14.4. The van der Waals surface area contributed by atoms with Crippen molar-refractivity contribution in [2.45, 2.75) is 0 Å². The van der Waals surface area contributed by atoms with Crippen molar-refractivity contribution in [1.82, 2.24) is 9.97 Å². The first-order chi connectivity index (χ1) is 11.4. The van der Waals surface area contributed by atoms with E-state index in [4.69, 9.17) is 5.11 Å². The number of nitrogens with zero attached hydrogens (tertiary/aromatic N) is 1. The summed E-state index contributed by atoms with van der Waals surface area (Å²) in [5.74, 6) is -3.30. The lowest BCUT2D eigenvalue weighted by molar-refractivity contribution is 0.103. The predicted molar refractivity (Wildman–Crippen MR) is 85.2 cm³/mol. The van der Waals surface area contributed by atoms with Crippen LogP contribution in [0.4, 0.5) is 19.3 Å². The van der Waals surface area contributed by atoms with Gasteiger partial charge in [0.1, 0.15) is 11.5 Å². The summed E-state index contributed by atoms with van der Waals surface area (Å²) in [7, 11) is 0. The lowest BCUT2D eigenvalue weighted by atomic mass is 10.0. The SMILES string of the molecule is O=C(O)Nc1ccc(F)c(C(=O)c2c[nH]c3ncc(Br)cc23)c1F. The number of benzene rings is 1. The van der Waals surface area contributed by atoms with Gasteiger partial charge in [-0.3, -0.25) is 10.1 Å². The number of rotatable bonds is 3. The highest BCUT2D eigenvalue weighted by atomic mass is 79.9. The Balaban J connectivity index is 2.15. The summed E-state index contributed by atoms with van der Waals surface area (Å²) in [4.78, 5) is 30.0. The van der Waals surface area contributed by atoms with Gasteiger partial charge in [-0.25, -0.2) is 18.6 Å². The minimum absolute atomic E-state index is 0.0177. The fourth-order valence-corrected chi connectivity index (χ4v) is 2.60. The fraction of sp³-hybridized carbons (Fsp3) is 0. The van der Waals surface area contributed by atoms with E-state index in [1.807, 2.05) is 0 Å². The van der Waals surface area contributed by atoms with Crippen LogP contribution in [0.5, 0.6) is 0 Å². The number of H-pyrrole nitrogens is 1. The van der Waals surface area contributed by atoms with E-state index in [1.54, 1.807) is 11.4 Å². The molecule has 3 N–H and O–H groups in total. The van der Waals surface area contributed by atoms with Crippen LogP contribution in [-0.4, -0.2) is 27.0 Å². The van der Waals surface area contributed by atoms with E-state index in [0.29, 0.717) is 15.5 Å². The summed E-state index contributed by atoms with van der Waals surface area (Å²) in [6, 6.07) is 3.31. The van der Waals surface area contributed by atoms with Gasteiger partial charge in [0.15, 0.2) is 5.82 Å². The molecule has 0 aliphatic carbocycles. The molecule has 9 heteroatoms. The molecular formula is C15H8BrF2N3O3. The fourth-order valence-electron chi connectivity index (χ4n) is 2.27. The van der Waals surface area contributed by atoms with Crippen molar-refractivity contribution in [1.29, 1.82) is 0 Å². The lowest BCUT2D eigenvalue weighted by Crippen LogP contribution is -2.13. The zero-order chi connectivity index (χ0) is 17.4. The molecule has 0 fully saturated rings. The van der Waals surface area contributed by atoms with Gasteiger partial charge >= 0.3 is 6.09 Å². The molecule has 122 valence electrons. The highest BCUT2D eigenvalue weighted by Crippen LogP contribution is 2.27. The van der Waals surface area contributed by atoms with Gasteiger partial charge in [-0.2, -0.15) is 0 Å². The molecule has 0 unspecified atom stereocenters. The average Bonchev–Trinajstić information content (AvgIpc) is 2.92. The Morgan fingerprint density at radius 1 is 1.29 bits per heavy atom. The van der Waals surface area contributed by atoms with E-state index in [-0.39, 0.29) is 5.56 Å². The molecule has 0 radical (unpaired) electrons. The summed E-state index contributed by atoms with van der Waals surface area (Å²) in [6.07, 6.45) is 1.27. The van der Waals surface area contributed by atoms with Crippen molar-refractivity contribution < 1.29 is 23.5 Å². The molecule has 0 saturated heterocycles. The highest BCUT2D eigenvalue weighted by Gasteiger charge is 2.24. The van der Waals surface area contributed by atoms with Gasteiger partial charge < -0.3 is 10.1 Å². The molecular weight excluding hydrogens is 388 g/mol. The van der Waals surface area contributed by atoms with Crippen molar-refractivity contribution in [3.8, 4) is 0 Å². The molecule has 0 aliphatic rings. The Hall–Kier alpha value is -2.81. The number of fused-ring (bicyclic) bond motifs is 1. The monoisotopic (exact) mass is 395 g/mol. The second-order valence-electron chi connectivity index (χ2n) is 4.80. The third kappa shape index (κ3) is 2.73. The Morgan fingerprint density at radius 2 is 2.04 bits per heavy atom. The number of carbonyl (C=O) groups excluding carboxylic acids is 1. The van der Waals surface area contributed by atoms with Gasteiger partial charge in [-0.05, 0) is 34.1 Å². The van der Waals surface area contributed by atoms with E-state index in [1.165, 1.54) is 12.4 Å². The first-order valence-corrected chi connectivity index (χ1v) is 7.33. The Bertz CT molecular complexity index is 987. The molecule has 0 spiro atoms. The molecule has 0 saturated carbocycles. The van der Waals surface area contributed by atoms with Crippen LogP contribution in [0.15, 0.2) is 35.1 Å². The number of aromatic amines is 1. The number of nitrogens with one attached hydrogen (secondary N) is 2. The minimum Gasteiger partial charge on any atom is -0.465 e. The molecule has 24 heavy (non-hydrogen) atoms. The maximum atomic E-state index is 14.4. The standard InChI is InChI=1S/C15H8BrF2N3O3/c16-6-3-7-8(5-20-14(7)19-4-6)13(22)11-9(17)1-2-10(12(11)18)21-15(23)24/h1-5,21H,(H,19,20)(H,23,24). The number of ketones is 1. The van der Waals surface area contributed by atoms with Gasteiger partial charge in [0.25, 0.3) is 0 Å². The summed E-state index contributed by atoms with van der Waals surface area (Å²) in [6.45, 7) is 0. The van der Waals surface area contributed by atoms with Crippen LogP contribution < -0.4 is 5.32 Å². The number of halogens is 3. The number of carboxylic acid groups (broad SMARTS) is 1. The van der Waals surface area contributed by atoms with Crippen molar-refractivity contribution in [2.75, 3.05) is 5.32 Å². The zero-order valence-corrected chi connectivity index (χ0v) is 13.3. The van der Waals surface area contributed by atoms with Crippen LogP contribution in [0.1, 0.15) is 15.9 Å². The van der Waals surface area contributed by atoms with Crippen LogP contribution in [0.3, 0.4) is 0 Å². The summed E-state index contributed by atoms with van der Waals surface area (Å²) < 4.78 is 29.0. The van der Waals surface area contributed by atoms with Crippen molar-refractivity contribution in [3.05, 3.63) is 57.8 Å². The number of hydrogen-bond donors (Lipinski definition) is 3. The predicted octanol–water partition coefficient (Wildman–Crippen LogP) is 3.92. The summed E-state index contributed by atoms with van der Waals surface area (Å²) in [5.41, 5.74) is -0.959. The molecule has 2 aromatic heterocycles. The molecule has 1 amide bonds. The van der Waals surface area contributed by atoms with Gasteiger partial charge in [-0.1, -0.05) is 0 Å². The number of hydrogen-bond acceptors (Lipinski definition) is 3. The van der Waals surface area contributed by atoms with E-state index >= 15 is 0 Å². The minimum atomic E-state index is -1.53. The number of anilines is 1. The molecule has 0 bridgehead atoms. The van der Waals surface area contributed by atoms with E-state index < -0.39 is 34.8 Å². The number of pyridine rings is 1. The average molecular weight is 396 g/mol. The molecule has 6 nitrogen and oxygen atoms in total. The molecule has 3 rings (SSSR count). The quantitative estimate of drug-likeness (QED) is 0.585. The van der Waals surface area contributed by atoms with E-state index in [9.17, 15) is 18.4 Å². The second-order valence-corrected chi connectivity index (χ2v) is 5.71. The topological polar surface area (TPSA) is 95.1 Å². The van der Waals surface area contributed by atoms with E-state index in [2.05, 4.69) is 25.9 Å². The van der Waals surface area contributed by atoms with Crippen molar-refractivity contribution in [2.24, 2.45) is 0 Å². The Morgan fingerprint density at radius 3 is 2.75 bits per heavy atom. The first kappa shape index (κ1) is 16.1. The van der Waals surface area contributed by atoms with Crippen LogP contribution in [0.2, 0.25) is 0 Å². The largest absolute Gasteiger partial charge is 0.465 e. The van der Waals surface area contributed by atoms with Crippen LogP contribution in [0.25, 0.3) is 11.0 Å². The van der Waals surface area contributed by atoms with Crippen LogP contribution in [0, 0.1) is 11.6 Å². The highest BCUT2D eigenvalue weighted by molar-refractivity contribution is 9.10. The van der Waals surface area contributed by atoms with Crippen LogP contribution >= 0.6 is 15.9 Å². The molecule has 1 aromatic carbocycles. The summed E-state index contributed by atoms with van der Waals surface area (Å²) >= 11 is 3.21. The van der Waals surface area contributed by atoms with Gasteiger partial charge in [-0.15, -0.1) is 0 Å². The molecule has 0 aliphatic heterocycles. The van der Waals surface area contributed by atoms with E-state index in [0.717, 1.165) is 12.1 Å². The normalized spacial score (nSPS) is 10.8. The second kappa shape index (κ2) is 6.00. The number of aromatic nitrogens is 2. The van der Waals surface area contributed by atoms with Crippen LogP contribution in [-0.2, 0) is 0 Å². The Kier molecular flexibility index (Phi) is 4.02. The van der Waals surface area contributed by atoms with Gasteiger partial charge in [0, 0.05) is 27.8 Å².